The summed E-state index contributed by atoms with van der Waals surface area (Å²) in [5, 5.41) is 3.24. The second-order valence-corrected chi connectivity index (χ2v) is 7.49. The molecule has 3 aromatic rings. The first-order valence-electron chi connectivity index (χ1n) is 8.88. The maximum absolute atomic E-state index is 13.0. The van der Waals surface area contributed by atoms with Gasteiger partial charge >= 0.3 is 5.97 Å². The lowest BCUT2D eigenvalue weighted by atomic mass is 10.0. The van der Waals surface area contributed by atoms with Crippen molar-refractivity contribution in [2.24, 2.45) is 0 Å². The summed E-state index contributed by atoms with van der Waals surface area (Å²) in [6.07, 6.45) is 2.12. The van der Waals surface area contributed by atoms with E-state index in [2.05, 4.69) is 15.0 Å². The number of hydrogen-bond acceptors (Lipinski definition) is 6. The Morgan fingerprint density at radius 2 is 2.00 bits per heavy atom. The van der Waals surface area contributed by atoms with Crippen molar-refractivity contribution in [1.82, 2.24) is 14.9 Å². The van der Waals surface area contributed by atoms with Gasteiger partial charge in [-0.1, -0.05) is 30.3 Å². The first-order chi connectivity index (χ1) is 13.5. The van der Waals surface area contributed by atoms with Gasteiger partial charge in [0, 0.05) is 23.4 Å². The molecule has 0 aliphatic rings. The van der Waals surface area contributed by atoms with Gasteiger partial charge in [-0.25, -0.2) is 4.98 Å². The lowest BCUT2D eigenvalue weighted by Crippen LogP contribution is -2.33. The topological polar surface area (TPSA) is 90.3 Å². The van der Waals surface area contributed by atoms with Crippen LogP contribution in [0.25, 0.3) is 21.3 Å². The summed E-state index contributed by atoms with van der Waals surface area (Å²) in [5.74, 6) is -0.622. The third kappa shape index (κ3) is 4.28. The van der Waals surface area contributed by atoms with E-state index in [1.807, 2.05) is 37.3 Å². The highest BCUT2D eigenvalue weighted by atomic mass is 32.1. The van der Waals surface area contributed by atoms with Crippen LogP contribution in [-0.2, 0) is 20.9 Å². The molecule has 0 saturated carbocycles. The van der Waals surface area contributed by atoms with Gasteiger partial charge < -0.3 is 10.1 Å². The molecular formula is C20H21N3O4S. The average molecular weight is 399 g/mol. The molecule has 0 aliphatic carbocycles. The number of esters is 1. The quantitative estimate of drug-likeness (QED) is 0.487. The van der Waals surface area contributed by atoms with Crippen molar-refractivity contribution in [3.8, 4) is 11.1 Å². The average Bonchev–Trinajstić information content (AvgIpc) is 3.04. The smallest absolute Gasteiger partial charge is 0.305 e. The minimum absolute atomic E-state index is 0.122. The van der Waals surface area contributed by atoms with E-state index in [1.165, 1.54) is 29.3 Å². The number of hydrogen-bond donors (Lipinski definition) is 1. The van der Waals surface area contributed by atoms with Crippen LogP contribution in [0.3, 0.4) is 0 Å². The van der Waals surface area contributed by atoms with Crippen LogP contribution in [0.5, 0.6) is 0 Å². The zero-order valence-electron chi connectivity index (χ0n) is 15.7. The minimum Gasteiger partial charge on any atom is -0.469 e. The molecule has 0 atom stereocenters. The predicted octanol–water partition coefficient (Wildman–Crippen LogP) is 2.50. The Morgan fingerprint density at radius 1 is 1.25 bits per heavy atom. The number of thiophene rings is 1. The largest absolute Gasteiger partial charge is 0.469 e. The highest BCUT2D eigenvalue weighted by Crippen LogP contribution is 2.35. The number of ether oxygens (including phenoxy) is 1. The number of nitrogens with one attached hydrogen (secondary N) is 1. The summed E-state index contributed by atoms with van der Waals surface area (Å²) in [5.41, 5.74) is 1.58. The highest BCUT2D eigenvalue weighted by Gasteiger charge is 2.17. The lowest BCUT2D eigenvalue weighted by Gasteiger charge is -2.08. The Balaban J connectivity index is 1.80. The molecule has 0 saturated heterocycles. The highest BCUT2D eigenvalue weighted by molar-refractivity contribution is 7.19. The van der Waals surface area contributed by atoms with Crippen LogP contribution in [-0.4, -0.2) is 35.1 Å². The van der Waals surface area contributed by atoms with E-state index in [-0.39, 0.29) is 30.4 Å². The Bertz CT molecular complexity index is 1060. The second kappa shape index (κ2) is 8.79. The first kappa shape index (κ1) is 19.8. The molecule has 2 heterocycles. The molecule has 7 nitrogen and oxygen atoms in total. The summed E-state index contributed by atoms with van der Waals surface area (Å²) < 4.78 is 5.87. The standard InChI is InChI=1S/C20H21N3O4S/c1-13-17(14-7-4-3-5-8-14)18-19(28-13)22-12-23(20(18)26)11-15(24)21-10-6-9-16(25)27-2/h3-5,7-8,12H,6,9-11H2,1-2H3,(H,21,24). The van der Waals surface area contributed by atoms with Crippen molar-refractivity contribution >= 4 is 33.4 Å². The molecule has 8 heteroatoms. The molecule has 146 valence electrons. The van der Waals surface area contributed by atoms with Crippen molar-refractivity contribution in [3.05, 3.63) is 51.9 Å². The van der Waals surface area contributed by atoms with Gasteiger partial charge in [0.05, 0.1) is 18.8 Å². The maximum atomic E-state index is 13.0. The van der Waals surface area contributed by atoms with E-state index in [9.17, 15) is 14.4 Å². The summed E-state index contributed by atoms with van der Waals surface area (Å²) in [6.45, 7) is 2.18. The summed E-state index contributed by atoms with van der Waals surface area (Å²) in [6, 6.07) is 9.69. The van der Waals surface area contributed by atoms with Crippen molar-refractivity contribution in [1.29, 1.82) is 0 Å². The number of carbonyl (C=O) groups is 2. The van der Waals surface area contributed by atoms with Crippen LogP contribution >= 0.6 is 11.3 Å². The monoisotopic (exact) mass is 399 g/mol. The van der Waals surface area contributed by atoms with Crippen LogP contribution in [0, 0.1) is 6.92 Å². The van der Waals surface area contributed by atoms with E-state index >= 15 is 0 Å². The third-order valence-corrected chi connectivity index (χ3v) is 5.35. The number of nitrogens with zero attached hydrogens (tertiary/aromatic N) is 2. The van der Waals surface area contributed by atoms with E-state index in [0.717, 1.165) is 16.0 Å². The van der Waals surface area contributed by atoms with Gasteiger partial charge in [-0.05, 0) is 18.9 Å². The molecule has 0 spiro atoms. The Labute approximate surface area is 166 Å². The Hall–Kier alpha value is -3.00. The van der Waals surface area contributed by atoms with Crippen LogP contribution in [0.15, 0.2) is 41.5 Å². The van der Waals surface area contributed by atoms with E-state index < -0.39 is 0 Å². The summed E-state index contributed by atoms with van der Waals surface area (Å²) in [4.78, 5) is 42.3. The number of amides is 1. The number of methoxy groups -OCH3 is 1. The van der Waals surface area contributed by atoms with Crippen LogP contribution in [0.1, 0.15) is 17.7 Å². The number of aryl methyl sites for hydroxylation is 1. The maximum Gasteiger partial charge on any atom is 0.305 e. The summed E-state index contributed by atoms with van der Waals surface area (Å²) >= 11 is 1.47. The minimum atomic E-state index is -0.318. The van der Waals surface area contributed by atoms with Crippen LogP contribution < -0.4 is 10.9 Å². The number of carbonyl (C=O) groups excluding carboxylic acids is 2. The summed E-state index contributed by atoms with van der Waals surface area (Å²) in [7, 11) is 1.33. The molecule has 2 aromatic heterocycles. The first-order valence-corrected chi connectivity index (χ1v) is 9.70. The Morgan fingerprint density at radius 3 is 2.71 bits per heavy atom. The molecule has 1 aromatic carbocycles. The SMILES string of the molecule is COC(=O)CCCNC(=O)Cn1cnc2sc(C)c(-c3ccccc3)c2c1=O. The molecule has 0 unspecified atom stereocenters. The number of fused-ring (bicyclic) bond motifs is 1. The van der Waals surface area contributed by atoms with Gasteiger partial charge in [-0.3, -0.25) is 19.0 Å². The zero-order valence-corrected chi connectivity index (χ0v) is 16.5. The van der Waals surface area contributed by atoms with Gasteiger partial charge in [0.1, 0.15) is 11.4 Å². The number of rotatable bonds is 7. The molecule has 28 heavy (non-hydrogen) atoms. The normalized spacial score (nSPS) is 10.8. The van der Waals surface area contributed by atoms with Crippen LogP contribution in [0.4, 0.5) is 0 Å². The number of benzene rings is 1. The molecule has 1 amide bonds. The van der Waals surface area contributed by atoms with Crippen molar-refractivity contribution in [2.75, 3.05) is 13.7 Å². The van der Waals surface area contributed by atoms with E-state index in [4.69, 9.17) is 0 Å². The third-order valence-electron chi connectivity index (χ3n) is 4.34. The molecule has 0 fully saturated rings. The molecule has 0 radical (unpaired) electrons. The van der Waals surface area contributed by atoms with E-state index in [1.54, 1.807) is 0 Å². The molecule has 0 bridgehead atoms. The molecule has 1 N–H and O–H groups in total. The van der Waals surface area contributed by atoms with E-state index in [0.29, 0.717) is 23.2 Å². The second-order valence-electron chi connectivity index (χ2n) is 6.29. The van der Waals surface area contributed by atoms with Crippen LogP contribution in [0.2, 0.25) is 0 Å². The van der Waals surface area contributed by atoms with Gasteiger partial charge in [-0.2, -0.15) is 0 Å². The molecule has 3 rings (SSSR count). The van der Waals surface area contributed by atoms with Gasteiger partial charge in [0.25, 0.3) is 5.56 Å². The van der Waals surface area contributed by atoms with Gasteiger partial charge in [-0.15, -0.1) is 11.3 Å². The van der Waals surface area contributed by atoms with Crippen molar-refractivity contribution in [2.45, 2.75) is 26.3 Å². The molecule has 0 aliphatic heterocycles. The lowest BCUT2D eigenvalue weighted by molar-refractivity contribution is -0.140. The van der Waals surface area contributed by atoms with Crippen molar-refractivity contribution < 1.29 is 14.3 Å². The van der Waals surface area contributed by atoms with Gasteiger partial charge in [0.15, 0.2) is 0 Å². The fraction of sp³-hybridized carbons (Fsp3) is 0.300. The van der Waals surface area contributed by atoms with Crippen molar-refractivity contribution in [3.63, 3.8) is 0 Å². The molecular weight excluding hydrogens is 378 g/mol. The number of aromatic nitrogens is 2. The fourth-order valence-electron chi connectivity index (χ4n) is 2.98. The predicted molar refractivity (Wildman–Crippen MR) is 108 cm³/mol. The van der Waals surface area contributed by atoms with Gasteiger partial charge in [0.2, 0.25) is 5.91 Å². The fourth-order valence-corrected chi connectivity index (χ4v) is 3.98. The zero-order chi connectivity index (χ0) is 20.1. The Kier molecular flexibility index (Phi) is 6.20.